The van der Waals surface area contributed by atoms with Crippen LogP contribution in [0.3, 0.4) is 0 Å². The molecule has 0 bridgehead atoms. The lowest BCUT2D eigenvalue weighted by Gasteiger charge is -2.32. The number of carbonyl (C=O) groups is 4. The van der Waals surface area contributed by atoms with Crippen molar-refractivity contribution >= 4 is 152 Å². The summed E-state index contributed by atoms with van der Waals surface area (Å²) >= 11 is 18.6. The number of amides is 4. The van der Waals surface area contributed by atoms with Gasteiger partial charge in [0.2, 0.25) is 11.8 Å². The Morgan fingerprint density at radius 2 is 0.950 bits per heavy atom. The predicted octanol–water partition coefficient (Wildman–Crippen LogP) is 8.41. The molecule has 4 atom stereocenters. The number of nitrogens with zero attached hydrogens (tertiary/aromatic N) is 12. The zero-order valence-electron chi connectivity index (χ0n) is 65.1. The Labute approximate surface area is 737 Å². The van der Waals surface area contributed by atoms with Gasteiger partial charge in [-0.25, -0.2) is 9.59 Å². The zero-order chi connectivity index (χ0) is 86.6. The molecule has 0 aliphatic carbocycles. The number of aromatic nitrogens is 5. The molecule has 3 saturated heterocycles. The average molecular weight is 1960 g/mol. The van der Waals surface area contributed by atoms with E-state index in [9.17, 15) is 39.6 Å². The molecule has 12 N–H and O–H groups in total. The average Bonchev–Trinajstić information content (AvgIpc) is 1.60. The molecule has 3 fully saturated rings. The highest BCUT2D eigenvalue weighted by Crippen LogP contribution is 2.43. The van der Waals surface area contributed by atoms with Gasteiger partial charge in [-0.15, -0.1) is 0 Å². The second kappa shape index (κ2) is 44.6. The number of pyridine rings is 5. The van der Waals surface area contributed by atoms with Crippen LogP contribution in [0.2, 0.25) is 0 Å². The van der Waals surface area contributed by atoms with Crippen molar-refractivity contribution in [1.29, 1.82) is 0 Å². The summed E-state index contributed by atoms with van der Waals surface area (Å²) < 4.78 is 26.4. The summed E-state index contributed by atoms with van der Waals surface area (Å²) in [5, 5.41) is 111. The Hall–Kier alpha value is -9.37. The van der Waals surface area contributed by atoms with Gasteiger partial charge in [0, 0.05) is 93.0 Å². The number of aliphatic hydroxyl groups is 8. The summed E-state index contributed by atoms with van der Waals surface area (Å²) in [5.74, 6) is -0.278. The van der Waals surface area contributed by atoms with E-state index in [2.05, 4.69) is 132 Å². The Morgan fingerprint density at radius 1 is 0.545 bits per heavy atom. The standard InChI is InChI=1S/C23H24N4O6.C16H23BN2O5.C13H13BrN2O3.C10H11BrN2O3.C6H4BrClN2O.C6H5BrN2O.C4H8O2.2CH4/c1-13(30)24-10-21-20-7-16-6-14(3-5-19(16)27(20)22(31)32-21)15-2-4-17(25-9-15)18-8-23(11-28,12-29)33-26-18;1-14(2)15(3,4)23-17(22-14)11-5-6-12(18-8-11)13-7-16(9-20,10-21)24-19-13;1-7(17)15-6-12-11-5-8-4-9(14)2-3-10(8)16(11)13(18)19-12;11-7-1-2-8(12-4-7)9-3-10(5-14,6-15)16-13-9;7-4-1-2-5(9-3-4)6(8)10-11;7-5-1-2-6(4-9-10)8-3-5;1-4(2-5)3-6;;/h2-6,9,20-21,28-29H,7-8,10-12H2,1H3,(H,24,30);5-6,8,20-21H,7,9-10H2,1-4H3;2-4,11-12H,5-6H2,1H3,(H,15,17);1-2,4,14-15H,3,5-6H2;1-3,11H;1-4,10H;5-6H,1-3H2;2*1H4/b;;;;10-6-;9-4+;;;/t20-,21-;;11-,12-;;;;;;/m0.0....../s1. The molecule has 0 radical (unpaired) electrons. The molecule has 0 spiro atoms. The Bertz CT molecular complexity index is 4820. The monoisotopic (exact) mass is 1950 g/mol. The van der Waals surface area contributed by atoms with E-state index in [1.807, 2.05) is 100 Å². The third-order valence-electron chi connectivity index (χ3n) is 19.7. The number of rotatable bonds is 19. The minimum atomic E-state index is -1.10. The summed E-state index contributed by atoms with van der Waals surface area (Å²) in [6, 6.07) is 29.6. The lowest BCUT2D eigenvalue weighted by Crippen LogP contribution is -2.41. The molecule has 15 rings (SSSR count). The maximum absolute atomic E-state index is 12.4. The first-order valence-electron chi connectivity index (χ1n) is 36.7. The molecule has 121 heavy (non-hydrogen) atoms. The Morgan fingerprint density at radius 3 is 1.31 bits per heavy atom. The minimum Gasteiger partial charge on any atom is -0.442 e. The summed E-state index contributed by atoms with van der Waals surface area (Å²) in [5.41, 5.74) is 7.91. The van der Waals surface area contributed by atoms with Gasteiger partial charge in [0.05, 0.1) is 130 Å². The van der Waals surface area contributed by atoms with Gasteiger partial charge in [-0.2, -0.15) is 0 Å². The summed E-state index contributed by atoms with van der Waals surface area (Å²) in [6.07, 6.45) is 10.5. The van der Waals surface area contributed by atoms with Crippen LogP contribution in [0.4, 0.5) is 21.0 Å². The first kappa shape index (κ1) is 98.7. The Balaban J connectivity index is 0.000000205. The van der Waals surface area contributed by atoms with Crippen LogP contribution in [-0.2, 0) is 55.7 Å². The molecule has 650 valence electrons. The number of anilines is 2. The van der Waals surface area contributed by atoms with E-state index in [-0.39, 0.29) is 122 Å². The largest absolute Gasteiger partial charge is 0.496 e. The van der Waals surface area contributed by atoms with Crippen LogP contribution in [0, 0.1) is 0 Å². The number of halogens is 5. The summed E-state index contributed by atoms with van der Waals surface area (Å²) in [7, 11) is -0.465. The van der Waals surface area contributed by atoms with Gasteiger partial charge >= 0.3 is 19.3 Å². The molecule has 5 aromatic heterocycles. The van der Waals surface area contributed by atoms with Gasteiger partial charge in [-0.1, -0.05) is 92.9 Å². The van der Waals surface area contributed by atoms with E-state index in [1.54, 1.807) is 65.0 Å². The first-order valence-corrected chi connectivity index (χ1v) is 40.2. The van der Waals surface area contributed by atoms with Crippen molar-refractivity contribution in [1.82, 2.24) is 35.6 Å². The van der Waals surface area contributed by atoms with Crippen molar-refractivity contribution in [2.75, 3.05) is 75.7 Å². The van der Waals surface area contributed by atoms with E-state index >= 15 is 0 Å². The van der Waals surface area contributed by atoms with E-state index < -0.39 is 47.3 Å². The van der Waals surface area contributed by atoms with Gasteiger partial charge in [0.25, 0.3) is 0 Å². The minimum absolute atomic E-state index is 0. The zero-order valence-corrected chi connectivity index (χ0v) is 72.2. The second-order valence-electron chi connectivity index (χ2n) is 28.9. The molecular formula is C80H96BBr4ClN14O21. The number of nitrogens with one attached hydrogen (secondary N) is 2. The number of ether oxygens (including phenoxy) is 2. The topological polar surface area (TPSA) is 492 Å². The van der Waals surface area contributed by atoms with Crippen molar-refractivity contribution in [3.63, 3.8) is 0 Å². The van der Waals surface area contributed by atoms with Gasteiger partial charge in [-0.3, -0.25) is 44.3 Å². The van der Waals surface area contributed by atoms with E-state index in [1.165, 1.54) is 20.1 Å². The van der Waals surface area contributed by atoms with Crippen molar-refractivity contribution < 1.29 is 104 Å². The molecule has 4 amide bonds. The van der Waals surface area contributed by atoms with Crippen molar-refractivity contribution in [3.8, 4) is 11.1 Å². The van der Waals surface area contributed by atoms with Crippen LogP contribution < -0.4 is 25.9 Å². The molecule has 0 unspecified atom stereocenters. The van der Waals surface area contributed by atoms with Crippen LogP contribution in [0.5, 0.6) is 0 Å². The van der Waals surface area contributed by atoms with Gasteiger partial charge in [0.1, 0.15) is 35.0 Å². The van der Waals surface area contributed by atoms with Crippen LogP contribution in [0.15, 0.2) is 184 Å². The van der Waals surface area contributed by atoms with Crippen LogP contribution in [0.25, 0.3) is 11.1 Å². The highest BCUT2D eigenvalue weighted by molar-refractivity contribution is 9.11. The number of cyclic esters (lactones) is 2. The quantitative estimate of drug-likeness (QED) is 0.0119. The van der Waals surface area contributed by atoms with E-state index in [0.29, 0.717) is 77.0 Å². The fourth-order valence-electron chi connectivity index (χ4n) is 12.3. The van der Waals surface area contributed by atoms with Crippen LogP contribution in [0.1, 0.15) is 115 Å². The lowest BCUT2D eigenvalue weighted by molar-refractivity contribution is -0.120. The summed E-state index contributed by atoms with van der Waals surface area (Å²) in [6.45, 7) is 12.8. The second-order valence-corrected chi connectivity index (χ2v) is 32.9. The molecule has 8 aliphatic rings. The fourth-order valence-corrected chi connectivity index (χ4v) is 13.5. The number of oxime groups is 5. The number of carbonyl (C=O) groups excluding carboxylic acids is 4. The molecular weight excluding hydrogens is 1860 g/mol. The van der Waals surface area contributed by atoms with Crippen molar-refractivity contribution in [2.24, 2.45) is 25.8 Å². The normalized spacial score (nSPS) is 19.3. The maximum Gasteiger partial charge on any atom is 0.496 e. The number of benzene rings is 2. The SMILES string of the molecule is C.C.C=C(CO)CO.CC(=O)NC[C@@H]1OC(=O)N2c3ccc(-c4ccc(C5=NOC(CO)(CO)C5)nc4)cc3C[C@@H]12.CC(=O)NC[C@@H]1OC(=O)N2c3ccc(Br)cc3C[C@@H]12.CC1(C)OB(c2ccc(C3=NOC(CO)(CO)C3)nc2)OC1(C)C.O/N=C(\Cl)c1ccc(Br)cn1.O/N=C/c1ccc(Br)cn1.OCC1(CO)CC(c2ccc(Br)cn2)=NO1. The van der Waals surface area contributed by atoms with Crippen LogP contribution >= 0.6 is 75.3 Å². The number of aliphatic hydroxyl groups excluding tert-OH is 8. The molecule has 0 saturated carbocycles. The van der Waals surface area contributed by atoms with E-state index in [0.717, 1.165) is 63.4 Å². The highest BCUT2D eigenvalue weighted by atomic mass is 79.9. The van der Waals surface area contributed by atoms with Gasteiger partial charge in [0.15, 0.2) is 22.0 Å². The molecule has 2 aromatic carbocycles. The van der Waals surface area contributed by atoms with Crippen molar-refractivity contribution in [3.05, 3.63) is 198 Å². The fraction of sp³-hybridized carbons (Fsp3) is 0.400. The Kier molecular flexibility index (Phi) is 36.4. The smallest absolute Gasteiger partial charge is 0.442 e. The first-order chi connectivity index (χ1) is 56.8. The lowest BCUT2D eigenvalue weighted by atomic mass is 9.80. The molecule has 41 heteroatoms. The summed E-state index contributed by atoms with van der Waals surface area (Å²) in [4.78, 5) is 86.3. The number of hydrogen-bond acceptors (Lipinski definition) is 31. The molecule has 13 heterocycles. The number of fused-ring (bicyclic) bond motifs is 6. The van der Waals surface area contributed by atoms with Gasteiger partial charge in [-0.05, 0) is 189 Å². The third kappa shape index (κ3) is 25.2. The van der Waals surface area contributed by atoms with Gasteiger partial charge < -0.3 is 95.2 Å². The number of hydrogen-bond donors (Lipinski definition) is 12. The van der Waals surface area contributed by atoms with Crippen molar-refractivity contribution in [2.45, 2.75) is 141 Å². The predicted molar refractivity (Wildman–Crippen MR) is 465 cm³/mol. The molecule has 8 aliphatic heterocycles. The molecule has 35 nitrogen and oxygen atoms in total. The maximum atomic E-state index is 12.4. The van der Waals surface area contributed by atoms with Crippen LogP contribution in [-0.4, -0.2) is 254 Å². The third-order valence-corrected chi connectivity index (χ3v) is 21.9. The molecule has 7 aromatic rings. The van der Waals surface area contributed by atoms with E-state index in [4.69, 9.17) is 75.7 Å². The highest BCUT2D eigenvalue weighted by Gasteiger charge is 2.53.